The first kappa shape index (κ1) is 24.1. The fraction of sp³-hybridized carbons (Fsp3) is 0.286. The lowest BCUT2D eigenvalue weighted by Gasteiger charge is -2.36. The average molecular weight is 495 g/mol. The molecule has 0 amide bonds. The fourth-order valence-electron chi connectivity index (χ4n) is 3.85. The van der Waals surface area contributed by atoms with Crippen LogP contribution in [0.25, 0.3) is 0 Å². The summed E-state index contributed by atoms with van der Waals surface area (Å²) in [6.07, 6.45) is 5.28. The Hall–Kier alpha value is -2.56. The van der Waals surface area contributed by atoms with Crippen LogP contribution in [0.5, 0.6) is 11.5 Å². The molecule has 3 aromatic rings. The molecule has 0 unspecified atom stereocenters. The van der Waals surface area contributed by atoms with E-state index in [4.69, 9.17) is 14.2 Å². The van der Waals surface area contributed by atoms with E-state index < -0.39 is 5.60 Å². The molecule has 32 heavy (non-hydrogen) atoms. The molecule has 0 N–H and O–H groups in total. The molecule has 0 bridgehead atoms. The van der Waals surface area contributed by atoms with Gasteiger partial charge in [0.15, 0.2) is 0 Å². The Labute approximate surface area is 200 Å². The Morgan fingerprint density at radius 2 is 1.25 bits per heavy atom. The van der Waals surface area contributed by atoms with E-state index in [0.717, 1.165) is 47.5 Å². The summed E-state index contributed by atoms with van der Waals surface area (Å²) in [4.78, 5) is 0. The molecule has 0 aliphatic rings. The van der Waals surface area contributed by atoms with Crippen molar-refractivity contribution in [1.82, 2.24) is 0 Å². The Morgan fingerprint density at radius 3 is 1.72 bits per heavy atom. The first-order valence-electron chi connectivity index (χ1n) is 10.9. The quantitative estimate of drug-likeness (QED) is 0.204. The maximum absolute atomic E-state index is 6.83. The van der Waals surface area contributed by atoms with Crippen LogP contribution in [-0.4, -0.2) is 20.8 Å². The van der Waals surface area contributed by atoms with Gasteiger partial charge in [-0.15, -0.1) is 0 Å². The second kappa shape index (κ2) is 11.9. The number of allylic oxidation sites excluding steroid dienone is 2. The first-order valence-corrected chi connectivity index (χ1v) is 11.7. The van der Waals surface area contributed by atoms with Crippen molar-refractivity contribution in [3.05, 3.63) is 106 Å². The monoisotopic (exact) mass is 494 g/mol. The normalized spacial score (nSPS) is 11.9. The molecular weight excluding hydrogens is 464 g/mol. The number of ether oxygens (including phenoxy) is 3. The number of methoxy groups -OCH3 is 2. The summed E-state index contributed by atoms with van der Waals surface area (Å²) in [5.74, 6) is 1.64. The molecule has 0 spiro atoms. The zero-order valence-corrected chi connectivity index (χ0v) is 20.6. The minimum Gasteiger partial charge on any atom is -0.497 e. The van der Waals surface area contributed by atoms with Crippen molar-refractivity contribution in [3.63, 3.8) is 0 Å². The summed E-state index contributed by atoms with van der Waals surface area (Å²) < 4.78 is 18.8. The molecule has 0 saturated heterocycles. The zero-order chi connectivity index (χ0) is 22.8. The predicted octanol–water partition coefficient (Wildman–Crippen LogP) is 7.48. The summed E-state index contributed by atoms with van der Waals surface area (Å²) in [7, 11) is 3.37. The van der Waals surface area contributed by atoms with E-state index in [9.17, 15) is 0 Å². The molecule has 3 nitrogen and oxygen atoms in total. The third-order valence-corrected chi connectivity index (χ3v) is 5.84. The Kier molecular flexibility index (Phi) is 8.95. The van der Waals surface area contributed by atoms with Crippen LogP contribution >= 0.6 is 15.9 Å². The van der Waals surface area contributed by atoms with Crippen LogP contribution in [0.1, 0.15) is 42.9 Å². The molecule has 0 aliphatic carbocycles. The van der Waals surface area contributed by atoms with E-state index in [2.05, 4.69) is 77.5 Å². The van der Waals surface area contributed by atoms with Crippen molar-refractivity contribution in [3.8, 4) is 11.5 Å². The minimum atomic E-state index is -0.735. The third kappa shape index (κ3) is 5.81. The molecule has 0 radical (unpaired) electrons. The van der Waals surface area contributed by atoms with Crippen LogP contribution in [0.3, 0.4) is 0 Å². The second-order valence-corrected chi connectivity index (χ2v) is 8.89. The van der Waals surface area contributed by atoms with Gasteiger partial charge in [-0.3, -0.25) is 0 Å². The number of unbranched alkanes of at least 4 members (excludes halogenated alkanes) is 2. The lowest BCUT2D eigenvalue weighted by molar-refractivity contribution is 0.0109. The molecule has 3 aromatic carbocycles. The van der Waals surface area contributed by atoms with Crippen LogP contribution in [-0.2, 0) is 10.3 Å². The molecule has 0 atom stereocenters. The van der Waals surface area contributed by atoms with Gasteiger partial charge in [-0.25, -0.2) is 0 Å². The minimum absolute atomic E-state index is 0.641. The van der Waals surface area contributed by atoms with E-state index in [-0.39, 0.29) is 0 Å². The molecule has 0 fully saturated rings. The van der Waals surface area contributed by atoms with Crippen molar-refractivity contribution in [2.24, 2.45) is 0 Å². The Balaban J connectivity index is 2.03. The summed E-state index contributed by atoms with van der Waals surface area (Å²) >= 11 is 3.50. The SMILES string of the molecule is COc1ccc(C(OCCCC/C=C(\C)Br)(c2ccccc2)c2ccc(OC)cc2)cc1. The van der Waals surface area contributed by atoms with Crippen molar-refractivity contribution >= 4 is 15.9 Å². The summed E-state index contributed by atoms with van der Waals surface area (Å²) in [5.41, 5.74) is 2.48. The Morgan fingerprint density at radius 1 is 0.750 bits per heavy atom. The number of hydrogen-bond acceptors (Lipinski definition) is 3. The van der Waals surface area contributed by atoms with Gasteiger partial charge in [0.05, 0.1) is 14.2 Å². The number of hydrogen-bond donors (Lipinski definition) is 0. The molecule has 0 aliphatic heterocycles. The van der Waals surface area contributed by atoms with Gasteiger partial charge < -0.3 is 14.2 Å². The smallest absolute Gasteiger partial charge is 0.143 e. The number of benzene rings is 3. The highest BCUT2D eigenvalue weighted by Gasteiger charge is 2.37. The lowest BCUT2D eigenvalue weighted by Crippen LogP contribution is -2.33. The molecule has 4 heteroatoms. The van der Waals surface area contributed by atoms with Crippen molar-refractivity contribution in [1.29, 1.82) is 0 Å². The molecular formula is C28H31BrO3. The predicted molar refractivity (Wildman–Crippen MR) is 135 cm³/mol. The van der Waals surface area contributed by atoms with Crippen LogP contribution < -0.4 is 9.47 Å². The average Bonchev–Trinajstić information content (AvgIpc) is 2.84. The van der Waals surface area contributed by atoms with Crippen LogP contribution in [0.2, 0.25) is 0 Å². The maximum atomic E-state index is 6.83. The van der Waals surface area contributed by atoms with E-state index >= 15 is 0 Å². The van der Waals surface area contributed by atoms with Gasteiger partial charge in [-0.05, 0) is 71.6 Å². The van der Waals surface area contributed by atoms with Crippen LogP contribution in [0.4, 0.5) is 0 Å². The highest BCUT2D eigenvalue weighted by Crippen LogP contribution is 2.41. The first-order chi connectivity index (χ1) is 15.6. The second-order valence-electron chi connectivity index (χ2n) is 7.64. The standard InChI is InChI=1S/C28H31BrO3/c1-22(29)10-6-5-9-21-32-28(23-11-7-4-8-12-23,24-13-17-26(30-2)18-14-24)25-15-19-27(31-3)20-16-25/h4,7-8,10-20H,5-6,9,21H2,1-3H3/b22-10+. The lowest BCUT2D eigenvalue weighted by atomic mass is 9.80. The molecule has 168 valence electrons. The highest BCUT2D eigenvalue weighted by molar-refractivity contribution is 9.11. The molecule has 3 rings (SSSR count). The summed E-state index contributed by atoms with van der Waals surface area (Å²) in [6, 6.07) is 26.7. The summed E-state index contributed by atoms with van der Waals surface area (Å²) in [6.45, 7) is 2.70. The Bertz CT molecular complexity index is 928. The van der Waals surface area contributed by atoms with Gasteiger partial charge in [0.1, 0.15) is 17.1 Å². The molecule has 0 saturated carbocycles. The van der Waals surface area contributed by atoms with E-state index in [0.29, 0.717) is 6.61 Å². The highest BCUT2D eigenvalue weighted by atomic mass is 79.9. The van der Waals surface area contributed by atoms with Gasteiger partial charge in [-0.1, -0.05) is 76.6 Å². The summed E-state index contributed by atoms with van der Waals surface area (Å²) in [5, 5.41) is 0. The molecule has 0 heterocycles. The van der Waals surface area contributed by atoms with Crippen molar-refractivity contribution < 1.29 is 14.2 Å². The number of halogens is 1. The van der Waals surface area contributed by atoms with Crippen molar-refractivity contribution in [2.75, 3.05) is 20.8 Å². The van der Waals surface area contributed by atoms with Crippen LogP contribution in [0, 0.1) is 0 Å². The number of rotatable bonds is 11. The topological polar surface area (TPSA) is 27.7 Å². The molecule has 0 aromatic heterocycles. The van der Waals surface area contributed by atoms with Gasteiger partial charge in [0.25, 0.3) is 0 Å². The van der Waals surface area contributed by atoms with E-state index in [1.54, 1.807) is 14.2 Å². The third-order valence-electron chi connectivity index (χ3n) is 5.52. The van der Waals surface area contributed by atoms with E-state index in [1.807, 2.05) is 30.3 Å². The van der Waals surface area contributed by atoms with Gasteiger partial charge >= 0.3 is 0 Å². The van der Waals surface area contributed by atoms with Gasteiger partial charge in [0, 0.05) is 6.61 Å². The maximum Gasteiger partial charge on any atom is 0.143 e. The largest absolute Gasteiger partial charge is 0.497 e. The zero-order valence-electron chi connectivity index (χ0n) is 19.0. The van der Waals surface area contributed by atoms with Gasteiger partial charge in [-0.2, -0.15) is 0 Å². The fourth-order valence-corrected chi connectivity index (χ4v) is 4.08. The van der Waals surface area contributed by atoms with Crippen LogP contribution in [0.15, 0.2) is 89.4 Å². The van der Waals surface area contributed by atoms with E-state index in [1.165, 1.54) is 4.48 Å². The van der Waals surface area contributed by atoms with Crippen molar-refractivity contribution in [2.45, 2.75) is 31.8 Å². The van der Waals surface area contributed by atoms with Gasteiger partial charge in [0.2, 0.25) is 0 Å².